The van der Waals surface area contributed by atoms with Crippen LogP contribution in [-0.2, 0) is 4.79 Å². The summed E-state index contributed by atoms with van der Waals surface area (Å²) in [5, 5.41) is 16.5. The molecule has 0 aromatic rings. The molecule has 0 aromatic carbocycles. The molecule has 1 fully saturated rings. The minimum atomic E-state index is -1.05. The number of carbonyl (C=O) groups is 2. The van der Waals surface area contributed by atoms with Crippen molar-refractivity contribution in [3.05, 3.63) is 10.4 Å². The third kappa shape index (κ3) is 3.52. The molecule has 2 unspecified atom stereocenters. The van der Waals surface area contributed by atoms with Gasteiger partial charge in [-0.25, -0.2) is 4.79 Å². The number of hydrogen-bond donors (Lipinski definition) is 3. The van der Waals surface area contributed by atoms with Crippen LogP contribution in [0.4, 0.5) is 4.79 Å². The number of carbonyl (C=O) groups excluding carboxylic acids is 1. The molecule has 9 heteroatoms. The number of carboxylic acid groups (broad SMARTS) is 1. The molecule has 0 saturated carbocycles. The summed E-state index contributed by atoms with van der Waals surface area (Å²) in [7, 11) is 0. The summed E-state index contributed by atoms with van der Waals surface area (Å²) >= 11 is 1.49. The van der Waals surface area contributed by atoms with Crippen molar-refractivity contribution < 1.29 is 14.7 Å². The number of hydrogen-bond acceptors (Lipinski definition) is 4. The second-order valence-electron chi connectivity index (χ2n) is 3.07. The van der Waals surface area contributed by atoms with Gasteiger partial charge in [-0.3, -0.25) is 4.79 Å². The van der Waals surface area contributed by atoms with Crippen LogP contribution in [0.2, 0.25) is 0 Å². The summed E-state index contributed by atoms with van der Waals surface area (Å²) < 4.78 is 0. The van der Waals surface area contributed by atoms with Gasteiger partial charge in [-0.2, -0.15) is 11.8 Å². The van der Waals surface area contributed by atoms with E-state index >= 15 is 0 Å². The van der Waals surface area contributed by atoms with Gasteiger partial charge in [0.25, 0.3) is 0 Å². The van der Waals surface area contributed by atoms with Crippen molar-refractivity contribution in [1.29, 1.82) is 0 Å². The highest BCUT2D eigenvalue weighted by atomic mass is 32.2. The molecule has 0 bridgehead atoms. The molecule has 0 spiro atoms. The predicted molar refractivity (Wildman–Crippen MR) is 58.2 cm³/mol. The Kier molecular flexibility index (Phi) is 4.74. The number of thioether (sulfide) groups is 1. The van der Waals surface area contributed by atoms with Crippen LogP contribution in [0.15, 0.2) is 5.11 Å². The third-order valence-electron chi connectivity index (χ3n) is 1.97. The Morgan fingerprint density at radius 3 is 3.06 bits per heavy atom. The molecular weight excluding hydrogens is 234 g/mol. The largest absolute Gasteiger partial charge is 0.465 e. The van der Waals surface area contributed by atoms with E-state index in [-0.39, 0.29) is 11.9 Å². The number of nitrogens with zero attached hydrogens (tertiary/aromatic N) is 3. The molecule has 88 valence electrons. The van der Waals surface area contributed by atoms with Crippen LogP contribution >= 0.6 is 11.8 Å². The molecule has 16 heavy (non-hydrogen) atoms. The zero-order valence-electron chi connectivity index (χ0n) is 8.29. The summed E-state index contributed by atoms with van der Waals surface area (Å²) in [6, 6.07) is -0.761. The third-order valence-corrected chi connectivity index (χ3v) is 3.06. The number of amides is 2. The highest BCUT2D eigenvalue weighted by Crippen LogP contribution is 2.15. The first-order valence-electron chi connectivity index (χ1n) is 4.54. The van der Waals surface area contributed by atoms with E-state index in [1.54, 1.807) is 0 Å². The van der Waals surface area contributed by atoms with Crippen molar-refractivity contribution in [1.82, 2.24) is 10.6 Å². The molecule has 1 rings (SSSR count). The Morgan fingerprint density at radius 1 is 1.75 bits per heavy atom. The highest BCUT2D eigenvalue weighted by molar-refractivity contribution is 7.99. The van der Waals surface area contributed by atoms with Crippen molar-refractivity contribution in [2.45, 2.75) is 12.1 Å². The Hall–Kier alpha value is -1.60. The maximum atomic E-state index is 10.9. The van der Waals surface area contributed by atoms with E-state index in [1.807, 2.05) is 0 Å². The first-order valence-corrected chi connectivity index (χ1v) is 5.69. The van der Waals surface area contributed by atoms with Crippen LogP contribution in [0.5, 0.6) is 0 Å². The van der Waals surface area contributed by atoms with Crippen LogP contribution in [0.25, 0.3) is 10.4 Å². The highest BCUT2D eigenvalue weighted by Gasteiger charge is 2.37. The SMILES string of the molecule is [N-]=[N+]=NC1C(=O)NC1CSCCNC(=O)O. The maximum Gasteiger partial charge on any atom is 0.404 e. The summed E-state index contributed by atoms with van der Waals surface area (Å²) in [5.74, 6) is 0.963. The maximum absolute atomic E-state index is 10.9. The smallest absolute Gasteiger partial charge is 0.404 e. The fraction of sp³-hybridized carbons (Fsp3) is 0.714. The summed E-state index contributed by atoms with van der Waals surface area (Å²) in [6.07, 6.45) is -1.05. The van der Waals surface area contributed by atoms with Crippen LogP contribution < -0.4 is 10.6 Å². The van der Waals surface area contributed by atoms with Gasteiger partial charge in [-0.1, -0.05) is 5.11 Å². The molecule has 1 aliphatic heterocycles. The van der Waals surface area contributed by atoms with Crippen molar-refractivity contribution >= 4 is 23.8 Å². The zero-order valence-corrected chi connectivity index (χ0v) is 9.11. The number of nitrogens with one attached hydrogen (secondary N) is 2. The Morgan fingerprint density at radius 2 is 2.50 bits per heavy atom. The molecule has 2 amide bonds. The lowest BCUT2D eigenvalue weighted by Crippen LogP contribution is -2.62. The van der Waals surface area contributed by atoms with E-state index in [9.17, 15) is 9.59 Å². The number of β-lactam (4-membered cyclic amide) rings is 1. The lowest BCUT2D eigenvalue weighted by Gasteiger charge is -2.33. The molecule has 1 saturated heterocycles. The Bertz CT molecular complexity index is 328. The van der Waals surface area contributed by atoms with E-state index in [4.69, 9.17) is 10.6 Å². The predicted octanol–water partition coefficient (Wildman–Crippen LogP) is 0.164. The van der Waals surface area contributed by atoms with Crippen LogP contribution in [0.1, 0.15) is 0 Å². The zero-order chi connectivity index (χ0) is 12.0. The minimum Gasteiger partial charge on any atom is -0.465 e. The number of azide groups is 1. The molecule has 0 aliphatic carbocycles. The first-order chi connectivity index (χ1) is 7.65. The van der Waals surface area contributed by atoms with Crippen LogP contribution in [0.3, 0.4) is 0 Å². The van der Waals surface area contributed by atoms with Crippen molar-refractivity contribution in [2.75, 3.05) is 18.1 Å². The fourth-order valence-electron chi connectivity index (χ4n) is 1.20. The lowest BCUT2D eigenvalue weighted by atomic mass is 10.0. The minimum absolute atomic E-state index is 0.141. The molecule has 1 heterocycles. The van der Waals surface area contributed by atoms with Gasteiger partial charge >= 0.3 is 6.09 Å². The van der Waals surface area contributed by atoms with Crippen molar-refractivity contribution in [2.24, 2.45) is 5.11 Å². The van der Waals surface area contributed by atoms with E-state index in [2.05, 4.69) is 20.7 Å². The molecule has 2 atom stereocenters. The normalized spacial score (nSPS) is 22.6. The standard InChI is InChI=1S/C7H11N5O3S/c8-12-11-5-4(10-6(5)13)3-16-2-1-9-7(14)15/h4-5,9H,1-3H2,(H,10,13)(H,14,15). The van der Waals surface area contributed by atoms with Gasteiger partial charge in [0.2, 0.25) is 5.91 Å². The van der Waals surface area contributed by atoms with Gasteiger partial charge in [0.15, 0.2) is 0 Å². The van der Waals surface area contributed by atoms with Gasteiger partial charge in [0.05, 0.1) is 6.04 Å². The molecular formula is C7H11N5O3S. The molecule has 3 N–H and O–H groups in total. The van der Waals surface area contributed by atoms with E-state index in [0.717, 1.165) is 0 Å². The average molecular weight is 245 g/mol. The Labute approximate surface area is 95.4 Å². The Balaban J connectivity index is 2.12. The quantitative estimate of drug-likeness (QED) is 0.202. The number of rotatable bonds is 6. The van der Waals surface area contributed by atoms with E-state index < -0.39 is 12.1 Å². The topological polar surface area (TPSA) is 127 Å². The van der Waals surface area contributed by atoms with Gasteiger partial charge in [-0.15, -0.1) is 0 Å². The van der Waals surface area contributed by atoms with Crippen LogP contribution in [0, 0.1) is 0 Å². The fourth-order valence-corrected chi connectivity index (χ4v) is 2.13. The van der Waals surface area contributed by atoms with E-state index in [0.29, 0.717) is 18.1 Å². The average Bonchev–Trinajstić information content (AvgIpc) is 2.23. The van der Waals surface area contributed by atoms with Gasteiger partial charge in [0.1, 0.15) is 6.04 Å². The first kappa shape index (κ1) is 12.5. The second-order valence-corrected chi connectivity index (χ2v) is 4.22. The van der Waals surface area contributed by atoms with Crippen LogP contribution in [-0.4, -0.2) is 47.2 Å². The molecule has 0 aromatic heterocycles. The summed E-state index contributed by atoms with van der Waals surface area (Å²) in [5.41, 5.74) is 8.20. The summed E-state index contributed by atoms with van der Waals surface area (Å²) in [6.45, 7) is 0.354. The molecule has 0 radical (unpaired) electrons. The van der Waals surface area contributed by atoms with Crippen molar-refractivity contribution in [3.8, 4) is 0 Å². The molecule has 1 aliphatic rings. The monoisotopic (exact) mass is 245 g/mol. The van der Waals surface area contributed by atoms with Crippen molar-refractivity contribution in [3.63, 3.8) is 0 Å². The molecule has 8 nitrogen and oxygen atoms in total. The van der Waals surface area contributed by atoms with Gasteiger partial charge < -0.3 is 15.7 Å². The van der Waals surface area contributed by atoms with Gasteiger partial charge in [-0.05, 0) is 5.53 Å². The summed E-state index contributed by atoms with van der Waals surface area (Å²) in [4.78, 5) is 23.6. The lowest BCUT2D eigenvalue weighted by molar-refractivity contribution is -0.129. The second kappa shape index (κ2) is 6.09. The van der Waals surface area contributed by atoms with E-state index in [1.165, 1.54) is 11.8 Å². The van der Waals surface area contributed by atoms with Gasteiger partial charge in [0, 0.05) is 23.0 Å².